The summed E-state index contributed by atoms with van der Waals surface area (Å²) in [5.74, 6) is 0. The van der Waals surface area contributed by atoms with E-state index in [9.17, 15) is 0 Å². The molecular formula is C10H6N2S. The van der Waals surface area contributed by atoms with Crippen molar-refractivity contribution in [1.82, 2.24) is 9.97 Å². The van der Waals surface area contributed by atoms with Gasteiger partial charge in [-0.15, -0.1) is 11.3 Å². The molecule has 0 aliphatic rings. The average molecular weight is 186 g/mol. The minimum Gasteiger partial charge on any atom is -0.253 e. The maximum atomic E-state index is 4.32. The van der Waals surface area contributed by atoms with Crippen molar-refractivity contribution in [3.05, 3.63) is 36.7 Å². The van der Waals surface area contributed by atoms with Gasteiger partial charge in [-0.05, 0) is 24.3 Å². The SMILES string of the molecule is c1cnc2c(c1)sc1cccnc12. The van der Waals surface area contributed by atoms with Gasteiger partial charge < -0.3 is 0 Å². The van der Waals surface area contributed by atoms with Crippen molar-refractivity contribution in [1.29, 1.82) is 0 Å². The Morgan fingerprint density at radius 2 is 1.38 bits per heavy atom. The number of hydrogen-bond acceptors (Lipinski definition) is 3. The van der Waals surface area contributed by atoms with Crippen LogP contribution in [0.5, 0.6) is 0 Å². The molecule has 0 fully saturated rings. The van der Waals surface area contributed by atoms with Gasteiger partial charge in [-0.2, -0.15) is 0 Å². The number of rotatable bonds is 0. The van der Waals surface area contributed by atoms with Crippen molar-refractivity contribution in [2.45, 2.75) is 0 Å². The molecule has 3 aromatic rings. The van der Waals surface area contributed by atoms with Crippen molar-refractivity contribution in [3.8, 4) is 0 Å². The summed E-state index contributed by atoms with van der Waals surface area (Å²) in [7, 11) is 0. The Morgan fingerprint density at radius 1 is 0.846 bits per heavy atom. The summed E-state index contributed by atoms with van der Waals surface area (Å²) in [4.78, 5) is 8.63. The van der Waals surface area contributed by atoms with Crippen LogP contribution >= 0.6 is 11.3 Å². The third kappa shape index (κ3) is 0.939. The zero-order valence-corrected chi connectivity index (χ0v) is 7.58. The van der Waals surface area contributed by atoms with Gasteiger partial charge in [0.1, 0.15) is 11.0 Å². The summed E-state index contributed by atoms with van der Waals surface area (Å²) in [5.41, 5.74) is 2.03. The van der Waals surface area contributed by atoms with Gasteiger partial charge in [0.25, 0.3) is 0 Å². The quantitative estimate of drug-likeness (QED) is 0.539. The molecular weight excluding hydrogens is 180 g/mol. The third-order valence-corrected chi connectivity index (χ3v) is 3.08. The van der Waals surface area contributed by atoms with Crippen molar-refractivity contribution in [2.24, 2.45) is 0 Å². The lowest BCUT2D eigenvalue weighted by Crippen LogP contribution is -1.74. The van der Waals surface area contributed by atoms with Crippen LogP contribution in [-0.2, 0) is 0 Å². The van der Waals surface area contributed by atoms with Crippen LogP contribution in [0, 0.1) is 0 Å². The number of fused-ring (bicyclic) bond motifs is 3. The second-order valence-corrected chi connectivity index (χ2v) is 3.89. The molecule has 0 spiro atoms. The first-order chi connectivity index (χ1) is 6.45. The van der Waals surface area contributed by atoms with Crippen molar-refractivity contribution in [3.63, 3.8) is 0 Å². The largest absolute Gasteiger partial charge is 0.253 e. The van der Waals surface area contributed by atoms with E-state index in [0.717, 1.165) is 11.0 Å². The highest BCUT2D eigenvalue weighted by Crippen LogP contribution is 2.29. The van der Waals surface area contributed by atoms with Crippen LogP contribution in [0.4, 0.5) is 0 Å². The third-order valence-electron chi connectivity index (χ3n) is 1.99. The minimum atomic E-state index is 1.02. The zero-order chi connectivity index (χ0) is 8.67. The molecule has 0 N–H and O–H groups in total. The Hall–Kier alpha value is -1.48. The van der Waals surface area contributed by atoms with E-state index >= 15 is 0 Å². The van der Waals surface area contributed by atoms with Crippen LogP contribution in [-0.4, -0.2) is 9.97 Å². The van der Waals surface area contributed by atoms with Crippen LogP contribution in [0.25, 0.3) is 20.4 Å². The van der Waals surface area contributed by atoms with Crippen LogP contribution in [0.3, 0.4) is 0 Å². The normalized spacial score (nSPS) is 11.1. The van der Waals surface area contributed by atoms with Gasteiger partial charge in [-0.3, -0.25) is 9.97 Å². The molecule has 0 aromatic carbocycles. The molecule has 0 atom stereocenters. The van der Waals surface area contributed by atoms with Gasteiger partial charge in [-0.25, -0.2) is 0 Å². The summed E-state index contributed by atoms with van der Waals surface area (Å²) >= 11 is 1.74. The lowest BCUT2D eigenvalue weighted by atomic mass is 10.3. The average Bonchev–Trinajstić information content (AvgIpc) is 2.56. The first kappa shape index (κ1) is 6.97. The molecule has 0 aliphatic heterocycles. The summed E-state index contributed by atoms with van der Waals surface area (Å²) in [5, 5.41) is 0. The molecule has 3 aromatic heterocycles. The molecule has 0 unspecified atom stereocenters. The van der Waals surface area contributed by atoms with Gasteiger partial charge in [0.15, 0.2) is 0 Å². The smallest absolute Gasteiger partial charge is 0.107 e. The molecule has 0 bridgehead atoms. The van der Waals surface area contributed by atoms with Gasteiger partial charge in [0.2, 0.25) is 0 Å². The summed E-state index contributed by atoms with van der Waals surface area (Å²) in [6.07, 6.45) is 3.62. The van der Waals surface area contributed by atoms with Crippen molar-refractivity contribution in [2.75, 3.05) is 0 Å². The van der Waals surface area contributed by atoms with E-state index in [4.69, 9.17) is 0 Å². The highest BCUT2D eigenvalue weighted by Gasteiger charge is 2.04. The van der Waals surface area contributed by atoms with Crippen molar-refractivity contribution >= 4 is 31.8 Å². The maximum Gasteiger partial charge on any atom is 0.107 e. The van der Waals surface area contributed by atoms with Gasteiger partial charge >= 0.3 is 0 Å². The van der Waals surface area contributed by atoms with E-state index in [2.05, 4.69) is 22.1 Å². The van der Waals surface area contributed by atoms with E-state index < -0.39 is 0 Å². The lowest BCUT2D eigenvalue weighted by molar-refractivity contribution is 1.39. The van der Waals surface area contributed by atoms with E-state index in [1.54, 1.807) is 11.3 Å². The van der Waals surface area contributed by atoms with E-state index in [0.29, 0.717) is 0 Å². The molecule has 3 heterocycles. The molecule has 62 valence electrons. The Labute approximate surface area is 78.9 Å². The fourth-order valence-corrected chi connectivity index (χ4v) is 2.44. The number of aromatic nitrogens is 2. The molecule has 0 radical (unpaired) electrons. The first-order valence-corrected chi connectivity index (χ1v) is 4.85. The number of nitrogens with zero attached hydrogens (tertiary/aromatic N) is 2. The van der Waals surface area contributed by atoms with Crippen LogP contribution in [0.1, 0.15) is 0 Å². The Kier molecular flexibility index (Phi) is 1.34. The second kappa shape index (κ2) is 2.50. The fraction of sp³-hybridized carbons (Fsp3) is 0. The maximum absolute atomic E-state index is 4.32. The first-order valence-electron chi connectivity index (χ1n) is 4.03. The topological polar surface area (TPSA) is 25.8 Å². The van der Waals surface area contributed by atoms with Gasteiger partial charge in [0, 0.05) is 12.4 Å². The Balaban J connectivity index is 2.64. The van der Waals surface area contributed by atoms with Gasteiger partial charge in [-0.1, -0.05) is 0 Å². The molecule has 0 saturated heterocycles. The van der Waals surface area contributed by atoms with Crippen molar-refractivity contribution < 1.29 is 0 Å². The summed E-state index contributed by atoms with van der Waals surface area (Å²) in [6.45, 7) is 0. The standard InChI is InChI=1S/C10H6N2S/c1-3-7-9(11-5-1)10-8(13-7)4-2-6-12-10/h1-6H. The summed E-state index contributed by atoms with van der Waals surface area (Å²) in [6, 6.07) is 8.07. The molecule has 0 saturated carbocycles. The Bertz CT molecular complexity index is 521. The zero-order valence-electron chi connectivity index (χ0n) is 6.77. The molecule has 13 heavy (non-hydrogen) atoms. The highest BCUT2D eigenvalue weighted by molar-refractivity contribution is 7.25. The van der Waals surface area contributed by atoms with E-state index in [1.807, 2.05) is 24.5 Å². The number of thiophene rings is 1. The highest BCUT2D eigenvalue weighted by atomic mass is 32.1. The van der Waals surface area contributed by atoms with E-state index in [1.165, 1.54) is 9.40 Å². The minimum absolute atomic E-state index is 1.02. The molecule has 0 aliphatic carbocycles. The number of hydrogen-bond donors (Lipinski definition) is 0. The van der Waals surface area contributed by atoms with Crippen LogP contribution in [0.15, 0.2) is 36.7 Å². The summed E-state index contributed by atoms with van der Waals surface area (Å²) < 4.78 is 2.41. The predicted octanol–water partition coefficient (Wildman–Crippen LogP) is 2.84. The second-order valence-electron chi connectivity index (χ2n) is 2.80. The molecule has 2 nitrogen and oxygen atoms in total. The predicted molar refractivity (Wildman–Crippen MR) is 54.9 cm³/mol. The lowest BCUT2D eigenvalue weighted by Gasteiger charge is -1.86. The van der Waals surface area contributed by atoms with Crippen LogP contribution < -0.4 is 0 Å². The Morgan fingerprint density at radius 3 is 1.92 bits per heavy atom. The van der Waals surface area contributed by atoms with E-state index in [-0.39, 0.29) is 0 Å². The fourth-order valence-electron chi connectivity index (χ4n) is 1.42. The number of pyridine rings is 2. The molecule has 0 amide bonds. The molecule has 3 heteroatoms. The van der Waals surface area contributed by atoms with Crippen LogP contribution in [0.2, 0.25) is 0 Å². The molecule has 3 rings (SSSR count). The van der Waals surface area contributed by atoms with Gasteiger partial charge in [0.05, 0.1) is 9.40 Å². The monoisotopic (exact) mass is 186 g/mol.